The van der Waals surface area contributed by atoms with Crippen molar-refractivity contribution in [3.63, 3.8) is 0 Å². The number of rotatable bonds is 8. The van der Waals surface area contributed by atoms with Gasteiger partial charge in [0.25, 0.3) is 5.91 Å². The van der Waals surface area contributed by atoms with Gasteiger partial charge >= 0.3 is 6.18 Å². The molecule has 32 heavy (non-hydrogen) atoms. The predicted octanol–water partition coefficient (Wildman–Crippen LogP) is 3.08. The largest absolute Gasteiger partial charge is 0.484 e. The summed E-state index contributed by atoms with van der Waals surface area (Å²) in [6, 6.07) is 9.58. The second kappa shape index (κ2) is 9.94. The molecule has 3 rings (SSSR count). The zero-order valence-electron chi connectivity index (χ0n) is 17.1. The topological polar surface area (TPSA) is 115 Å². The van der Waals surface area contributed by atoms with E-state index in [1.165, 1.54) is 25.5 Å². The molecule has 2 heterocycles. The number of halogens is 3. The van der Waals surface area contributed by atoms with Crippen molar-refractivity contribution in [1.29, 1.82) is 0 Å². The molecular weight excluding hydrogens is 425 g/mol. The van der Waals surface area contributed by atoms with Gasteiger partial charge in [0.05, 0.1) is 5.69 Å². The maximum atomic E-state index is 12.6. The number of hydrogen-bond donors (Lipinski definition) is 3. The first-order chi connectivity index (χ1) is 15.2. The molecule has 0 saturated carbocycles. The first-order valence-electron chi connectivity index (χ1n) is 9.57. The highest BCUT2D eigenvalue weighted by molar-refractivity contribution is 5.94. The Bertz CT molecular complexity index is 1070. The van der Waals surface area contributed by atoms with Crippen LogP contribution in [0.3, 0.4) is 0 Å². The van der Waals surface area contributed by atoms with Gasteiger partial charge in [0.2, 0.25) is 0 Å². The Kier molecular flexibility index (Phi) is 7.08. The van der Waals surface area contributed by atoms with Crippen LogP contribution < -0.4 is 21.1 Å². The molecule has 4 N–H and O–H groups in total. The highest BCUT2D eigenvalue weighted by Gasteiger charge is 2.29. The Hall–Kier alpha value is -3.89. The third kappa shape index (κ3) is 6.30. The smallest absolute Gasteiger partial charge is 0.422 e. The number of pyridine rings is 1. The number of anilines is 2. The van der Waals surface area contributed by atoms with E-state index in [1.54, 1.807) is 30.5 Å². The van der Waals surface area contributed by atoms with E-state index in [4.69, 9.17) is 10.5 Å². The number of nitrogens with zero attached hydrogens (tertiary/aromatic N) is 3. The van der Waals surface area contributed by atoms with Gasteiger partial charge in [0.1, 0.15) is 23.7 Å². The Balaban J connectivity index is 1.70. The van der Waals surface area contributed by atoms with Crippen molar-refractivity contribution >= 4 is 17.5 Å². The summed E-state index contributed by atoms with van der Waals surface area (Å²) in [4.78, 5) is 24.2. The van der Waals surface area contributed by atoms with E-state index in [2.05, 4.69) is 25.6 Å². The Morgan fingerprint density at radius 3 is 2.62 bits per heavy atom. The summed E-state index contributed by atoms with van der Waals surface area (Å²) < 4.78 is 42.8. The molecule has 168 valence electrons. The van der Waals surface area contributed by atoms with Gasteiger partial charge in [-0.1, -0.05) is 6.07 Å². The molecule has 0 spiro atoms. The van der Waals surface area contributed by atoms with Crippen molar-refractivity contribution < 1.29 is 22.7 Å². The van der Waals surface area contributed by atoms with Crippen LogP contribution in [0.15, 0.2) is 48.9 Å². The average molecular weight is 446 g/mol. The van der Waals surface area contributed by atoms with Gasteiger partial charge in [0, 0.05) is 37.0 Å². The molecule has 8 nitrogen and oxygen atoms in total. The number of nitrogen functional groups attached to an aromatic ring is 1. The summed E-state index contributed by atoms with van der Waals surface area (Å²) in [6.45, 7) is -1.09. The minimum absolute atomic E-state index is 0.00144. The number of ether oxygens (including phenoxy) is 1. The van der Waals surface area contributed by atoms with Crippen LogP contribution in [-0.2, 0) is 6.42 Å². The van der Waals surface area contributed by atoms with Gasteiger partial charge in [0.15, 0.2) is 6.61 Å². The summed E-state index contributed by atoms with van der Waals surface area (Å²) >= 11 is 0. The maximum Gasteiger partial charge on any atom is 0.422 e. The average Bonchev–Trinajstić information content (AvgIpc) is 2.78. The molecule has 0 bridgehead atoms. The van der Waals surface area contributed by atoms with Crippen LogP contribution in [0, 0.1) is 0 Å². The summed E-state index contributed by atoms with van der Waals surface area (Å²) in [7, 11) is 1.44. The molecule has 1 aromatic carbocycles. The van der Waals surface area contributed by atoms with Crippen molar-refractivity contribution in [3.05, 3.63) is 60.0 Å². The fourth-order valence-electron chi connectivity index (χ4n) is 2.83. The van der Waals surface area contributed by atoms with Gasteiger partial charge in [-0.15, -0.1) is 0 Å². The highest BCUT2D eigenvalue weighted by atomic mass is 19.4. The molecule has 0 unspecified atom stereocenters. The minimum atomic E-state index is -4.49. The van der Waals surface area contributed by atoms with Crippen molar-refractivity contribution in [1.82, 2.24) is 20.3 Å². The van der Waals surface area contributed by atoms with Gasteiger partial charge in [-0.2, -0.15) is 13.2 Å². The van der Waals surface area contributed by atoms with Crippen LogP contribution >= 0.6 is 0 Å². The zero-order chi connectivity index (χ0) is 23.1. The molecule has 0 aliphatic carbocycles. The SMILES string of the molecule is CNC(=O)c1ccc(CCNc2cc(-c3ccc(N)nc3)ncn2)c(OCC(F)(F)F)c1. The standard InChI is InChI=1S/C21H21F3N6O2/c1-26-20(31)14-3-2-13(17(8-14)32-11-21(22,23)24)6-7-27-19-9-16(29-12-30-19)15-4-5-18(25)28-10-15/h2-5,8-10,12H,6-7,11H2,1H3,(H2,25,28)(H,26,31)(H,27,29,30). The molecule has 3 aromatic rings. The molecule has 0 radical (unpaired) electrons. The normalized spacial score (nSPS) is 11.1. The first-order valence-corrected chi connectivity index (χ1v) is 9.57. The monoisotopic (exact) mass is 446 g/mol. The highest BCUT2D eigenvalue weighted by Crippen LogP contribution is 2.25. The second-order valence-corrected chi connectivity index (χ2v) is 6.74. The number of aromatic nitrogens is 3. The summed E-state index contributed by atoms with van der Waals surface area (Å²) in [5, 5.41) is 5.54. The summed E-state index contributed by atoms with van der Waals surface area (Å²) in [6.07, 6.45) is -1.17. The molecule has 0 fully saturated rings. The number of carbonyl (C=O) groups excluding carboxylic acids is 1. The lowest BCUT2D eigenvalue weighted by Gasteiger charge is -2.15. The van der Waals surface area contributed by atoms with Gasteiger partial charge in [-0.25, -0.2) is 15.0 Å². The van der Waals surface area contributed by atoms with Crippen LogP contribution in [-0.4, -0.2) is 47.2 Å². The Labute approximate surface area is 182 Å². The summed E-state index contributed by atoms with van der Waals surface area (Å²) in [5.41, 5.74) is 7.72. The number of carbonyl (C=O) groups is 1. The van der Waals surface area contributed by atoms with Crippen molar-refractivity contribution in [2.24, 2.45) is 0 Å². The number of nitrogens with two attached hydrogens (primary N) is 1. The van der Waals surface area contributed by atoms with Crippen molar-refractivity contribution in [3.8, 4) is 17.0 Å². The van der Waals surface area contributed by atoms with Crippen molar-refractivity contribution in [2.75, 3.05) is 31.2 Å². The molecule has 2 aromatic heterocycles. The van der Waals surface area contributed by atoms with Crippen molar-refractivity contribution in [2.45, 2.75) is 12.6 Å². The quantitative estimate of drug-likeness (QED) is 0.487. The lowest BCUT2D eigenvalue weighted by atomic mass is 10.1. The number of hydrogen-bond acceptors (Lipinski definition) is 7. The van der Waals surface area contributed by atoms with Crippen LogP contribution in [0.5, 0.6) is 5.75 Å². The molecule has 0 aliphatic rings. The third-order valence-electron chi connectivity index (χ3n) is 4.40. The Morgan fingerprint density at radius 2 is 1.94 bits per heavy atom. The molecule has 1 amide bonds. The van der Waals surface area contributed by atoms with E-state index in [-0.39, 0.29) is 11.3 Å². The molecule has 0 saturated heterocycles. The minimum Gasteiger partial charge on any atom is -0.484 e. The third-order valence-corrected chi connectivity index (χ3v) is 4.40. The van der Waals surface area contributed by atoms with Crippen LogP contribution in [0.1, 0.15) is 15.9 Å². The molecule has 0 aliphatic heterocycles. The van der Waals surface area contributed by atoms with Crippen LogP contribution in [0.2, 0.25) is 0 Å². The van der Waals surface area contributed by atoms with Gasteiger partial charge in [-0.05, 0) is 36.2 Å². The van der Waals surface area contributed by atoms with Crippen LogP contribution in [0.4, 0.5) is 24.8 Å². The van der Waals surface area contributed by atoms with E-state index in [0.29, 0.717) is 35.9 Å². The lowest BCUT2D eigenvalue weighted by molar-refractivity contribution is -0.153. The lowest BCUT2D eigenvalue weighted by Crippen LogP contribution is -2.21. The molecular formula is C21H21F3N6O2. The van der Waals surface area contributed by atoms with Crippen LogP contribution in [0.25, 0.3) is 11.3 Å². The summed E-state index contributed by atoms with van der Waals surface area (Å²) in [5.74, 6) is 0.512. The predicted molar refractivity (Wildman–Crippen MR) is 113 cm³/mol. The zero-order valence-corrected chi connectivity index (χ0v) is 17.1. The fraction of sp³-hybridized carbons (Fsp3) is 0.238. The van der Waals surface area contributed by atoms with E-state index in [1.807, 2.05) is 0 Å². The molecule has 0 atom stereocenters. The van der Waals surface area contributed by atoms with Gasteiger partial charge in [-0.3, -0.25) is 4.79 Å². The Morgan fingerprint density at radius 1 is 1.12 bits per heavy atom. The number of alkyl halides is 3. The van der Waals surface area contributed by atoms with E-state index in [9.17, 15) is 18.0 Å². The molecule has 11 heteroatoms. The second-order valence-electron chi connectivity index (χ2n) is 6.74. The number of amides is 1. The van der Waals surface area contributed by atoms with Gasteiger partial charge < -0.3 is 21.1 Å². The maximum absolute atomic E-state index is 12.6. The van der Waals surface area contributed by atoms with E-state index >= 15 is 0 Å². The van der Waals surface area contributed by atoms with E-state index < -0.39 is 18.7 Å². The fourth-order valence-corrected chi connectivity index (χ4v) is 2.83. The first kappa shape index (κ1) is 22.8. The number of benzene rings is 1. The number of nitrogens with one attached hydrogen (secondary N) is 2. The van der Waals surface area contributed by atoms with E-state index in [0.717, 1.165) is 5.56 Å².